The molecule has 0 saturated carbocycles. The monoisotopic (exact) mass is 247 g/mol. The molecule has 1 heterocycles. The normalized spacial score (nSPS) is 19.1. The highest BCUT2D eigenvalue weighted by Gasteiger charge is 2.21. The van der Waals surface area contributed by atoms with Crippen molar-refractivity contribution in [3.05, 3.63) is 29.3 Å². The van der Waals surface area contributed by atoms with Gasteiger partial charge in [-0.05, 0) is 62.4 Å². The van der Waals surface area contributed by atoms with E-state index in [4.69, 9.17) is 4.74 Å². The van der Waals surface area contributed by atoms with Crippen LogP contribution < -0.4 is 10.1 Å². The van der Waals surface area contributed by atoms with Gasteiger partial charge in [0.05, 0.1) is 6.10 Å². The Hall–Kier alpha value is -1.02. The second-order valence-corrected chi connectivity index (χ2v) is 5.91. The van der Waals surface area contributed by atoms with E-state index in [1.54, 1.807) is 0 Å². The lowest BCUT2D eigenvalue weighted by Crippen LogP contribution is -2.30. The molecule has 2 nitrogen and oxygen atoms in total. The molecule has 0 radical (unpaired) electrons. The molecule has 0 spiro atoms. The number of hydrogen-bond donors (Lipinski definition) is 1. The molecule has 0 aliphatic carbocycles. The van der Waals surface area contributed by atoms with E-state index in [1.165, 1.54) is 17.5 Å². The SMILES string of the molecule is CC(C)CC1NCCc2ccc(OC(C)C)cc21. The molecule has 0 aromatic heterocycles. The van der Waals surface area contributed by atoms with Gasteiger partial charge in [-0.25, -0.2) is 0 Å². The summed E-state index contributed by atoms with van der Waals surface area (Å²) in [6.07, 6.45) is 2.56. The van der Waals surface area contributed by atoms with E-state index in [9.17, 15) is 0 Å². The molecule has 100 valence electrons. The average molecular weight is 247 g/mol. The molecule has 1 aliphatic rings. The number of ether oxygens (including phenoxy) is 1. The Morgan fingerprint density at radius 1 is 1.28 bits per heavy atom. The number of nitrogens with one attached hydrogen (secondary N) is 1. The lowest BCUT2D eigenvalue weighted by molar-refractivity contribution is 0.241. The minimum absolute atomic E-state index is 0.239. The summed E-state index contributed by atoms with van der Waals surface area (Å²) in [5.74, 6) is 1.71. The predicted molar refractivity (Wildman–Crippen MR) is 76.1 cm³/mol. The summed E-state index contributed by atoms with van der Waals surface area (Å²) in [6, 6.07) is 7.07. The lowest BCUT2D eigenvalue weighted by atomic mass is 9.89. The highest BCUT2D eigenvalue weighted by atomic mass is 16.5. The van der Waals surface area contributed by atoms with Gasteiger partial charge in [-0.1, -0.05) is 19.9 Å². The Bertz CT molecular complexity index is 398. The van der Waals surface area contributed by atoms with Crippen molar-refractivity contribution in [2.75, 3.05) is 6.54 Å². The van der Waals surface area contributed by atoms with Crippen LogP contribution in [-0.4, -0.2) is 12.6 Å². The van der Waals surface area contributed by atoms with E-state index in [1.807, 2.05) is 0 Å². The first-order valence-corrected chi connectivity index (χ1v) is 7.09. The van der Waals surface area contributed by atoms with Gasteiger partial charge in [0, 0.05) is 6.04 Å². The molecule has 0 fully saturated rings. The molecule has 2 rings (SSSR count). The number of rotatable bonds is 4. The maximum atomic E-state index is 5.81. The van der Waals surface area contributed by atoms with E-state index in [-0.39, 0.29) is 6.10 Å². The summed E-state index contributed by atoms with van der Waals surface area (Å²) in [4.78, 5) is 0. The van der Waals surface area contributed by atoms with Crippen molar-refractivity contribution in [3.8, 4) is 5.75 Å². The molecule has 0 saturated heterocycles. The third-order valence-electron chi connectivity index (χ3n) is 3.36. The third-order valence-corrected chi connectivity index (χ3v) is 3.36. The van der Waals surface area contributed by atoms with Crippen molar-refractivity contribution < 1.29 is 4.74 Å². The fourth-order valence-electron chi connectivity index (χ4n) is 2.64. The summed E-state index contributed by atoms with van der Waals surface area (Å²) < 4.78 is 5.81. The van der Waals surface area contributed by atoms with Crippen LogP contribution in [0.4, 0.5) is 0 Å². The van der Waals surface area contributed by atoms with Gasteiger partial charge in [-0.15, -0.1) is 0 Å². The standard InChI is InChI=1S/C16H25NO/c1-11(2)9-16-15-10-14(18-12(3)4)6-5-13(15)7-8-17-16/h5-6,10-12,16-17H,7-9H2,1-4H3. The maximum absolute atomic E-state index is 5.81. The van der Waals surface area contributed by atoms with Crippen molar-refractivity contribution in [2.45, 2.75) is 52.7 Å². The molecule has 1 unspecified atom stereocenters. The average Bonchev–Trinajstić information content (AvgIpc) is 2.28. The largest absolute Gasteiger partial charge is 0.491 e. The molecule has 1 aliphatic heterocycles. The highest BCUT2D eigenvalue weighted by molar-refractivity contribution is 5.39. The summed E-state index contributed by atoms with van der Waals surface area (Å²) in [7, 11) is 0. The number of fused-ring (bicyclic) bond motifs is 1. The van der Waals surface area contributed by atoms with E-state index >= 15 is 0 Å². The van der Waals surface area contributed by atoms with Crippen LogP contribution in [-0.2, 0) is 6.42 Å². The Morgan fingerprint density at radius 3 is 2.72 bits per heavy atom. The van der Waals surface area contributed by atoms with Crippen LogP contribution in [0.2, 0.25) is 0 Å². The van der Waals surface area contributed by atoms with Crippen LogP contribution in [0.15, 0.2) is 18.2 Å². The molecule has 2 heteroatoms. The molecule has 0 amide bonds. The summed E-state index contributed by atoms with van der Waals surface area (Å²) in [5, 5.41) is 3.63. The first-order chi connectivity index (χ1) is 8.56. The first kappa shape index (κ1) is 13.4. The maximum Gasteiger partial charge on any atom is 0.120 e. The van der Waals surface area contributed by atoms with Crippen LogP contribution in [0, 0.1) is 5.92 Å². The van der Waals surface area contributed by atoms with Crippen molar-refractivity contribution in [1.82, 2.24) is 5.32 Å². The van der Waals surface area contributed by atoms with Crippen molar-refractivity contribution in [2.24, 2.45) is 5.92 Å². The van der Waals surface area contributed by atoms with Crippen molar-refractivity contribution >= 4 is 0 Å². The van der Waals surface area contributed by atoms with E-state index in [0.29, 0.717) is 12.0 Å². The molecule has 18 heavy (non-hydrogen) atoms. The van der Waals surface area contributed by atoms with E-state index < -0.39 is 0 Å². The zero-order valence-electron chi connectivity index (χ0n) is 12.0. The Balaban J connectivity index is 2.23. The molecule has 0 bridgehead atoms. The van der Waals surface area contributed by atoms with Gasteiger partial charge in [-0.2, -0.15) is 0 Å². The number of hydrogen-bond acceptors (Lipinski definition) is 2. The zero-order valence-corrected chi connectivity index (χ0v) is 12.0. The van der Waals surface area contributed by atoms with Gasteiger partial charge in [-0.3, -0.25) is 0 Å². The van der Waals surface area contributed by atoms with Crippen LogP contribution in [0.5, 0.6) is 5.75 Å². The lowest BCUT2D eigenvalue weighted by Gasteiger charge is -2.29. The summed E-state index contributed by atoms with van der Waals surface area (Å²) in [5.41, 5.74) is 2.92. The van der Waals surface area contributed by atoms with E-state index in [2.05, 4.69) is 51.2 Å². The van der Waals surface area contributed by atoms with Crippen molar-refractivity contribution in [1.29, 1.82) is 0 Å². The molecular formula is C16H25NO. The van der Waals surface area contributed by atoms with Gasteiger partial charge >= 0.3 is 0 Å². The first-order valence-electron chi connectivity index (χ1n) is 7.09. The Kier molecular flexibility index (Phi) is 4.28. The quantitative estimate of drug-likeness (QED) is 0.876. The van der Waals surface area contributed by atoms with Gasteiger partial charge in [0.15, 0.2) is 0 Å². The topological polar surface area (TPSA) is 21.3 Å². The van der Waals surface area contributed by atoms with Crippen LogP contribution in [0.1, 0.15) is 51.3 Å². The third kappa shape index (κ3) is 3.26. The molecule has 1 atom stereocenters. The second-order valence-electron chi connectivity index (χ2n) is 5.91. The van der Waals surface area contributed by atoms with Gasteiger partial charge < -0.3 is 10.1 Å². The minimum atomic E-state index is 0.239. The zero-order chi connectivity index (χ0) is 13.1. The molecule has 1 N–H and O–H groups in total. The minimum Gasteiger partial charge on any atom is -0.491 e. The smallest absolute Gasteiger partial charge is 0.120 e. The fraction of sp³-hybridized carbons (Fsp3) is 0.625. The van der Waals surface area contributed by atoms with Gasteiger partial charge in [0.1, 0.15) is 5.75 Å². The Labute approximate surface area is 111 Å². The Morgan fingerprint density at radius 2 is 2.06 bits per heavy atom. The molecule has 1 aromatic rings. The molecular weight excluding hydrogens is 222 g/mol. The van der Waals surface area contributed by atoms with Gasteiger partial charge in [0.2, 0.25) is 0 Å². The van der Waals surface area contributed by atoms with Crippen molar-refractivity contribution in [3.63, 3.8) is 0 Å². The van der Waals surface area contributed by atoms with E-state index in [0.717, 1.165) is 18.7 Å². The van der Waals surface area contributed by atoms with Crippen LogP contribution in [0.25, 0.3) is 0 Å². The summed E-state index contributed by atoms with van der Waals surface area (Å²) in [6.45, 7) is 9.80. The highest BCUT2D eigenvalue weighted by Crippen LogP contribution is 2.31. The second kappa shape index (κ2) is 5.75. The van der Waals surface area contributed by atoms with Crippen LogP contribution in [0.3, 0.4) is 0 Å². The predicted octanol–water partition coefficient (Wildman–Crippen LogP) is 3.71. The fourth-order valence-corrected chi connectivity index (χ4v) is 2.64. The number of benzene rings is 1. The van der Waals surface area contributed by atoms with Gasteiger partial charge in [0.25, 0.3) is 0 Å². The molecule has 1 aromatic carbocycles. The van der Waals surface area contributed by atoms with Crippen LogP contribution >= 0.6 is 0 Å². The summed E-state index contributed by atoms with van der Waals surface area (Å²) >= 11 is 0.